The molecule has 1 aromatic carbocycles. The van der Waals surface area contributed by atoms with Gasteiger partial charge in [0.15, 0.2) is 0 Å². The normalized spacial score (nSPS) is 10.2. The van der Waals surface area contributed by atoms with E-state index in [1.807, 2.05) is 0 Å². The van der Waals surface area contributed by atoms with Crippen LogP contribution >= 0.6 is 0 Å². The van der Waals surface area contributed by atoms with Crippen LogP contribution in [0.3, 0.4) is 0 Å². The standard InChI is InChI=1S/C12H18N2O3/c1-10-9-11(5-6-12(10)14(15)16)13-7-3-4-8-17-2/h5-6,9,13H,3-4,7-8H2,1-2H3. The molecule has 17 heavy (non-hydrogen) atoms. The van der Waals surface area contributed by atoms with Gasteiger partial charge in [0.1, 0.15) is 0 Å². The highest BCUT2D eigenvalue weighted by Crippen LogP contribution is 2.21. The lowest BCUT2D eigenvalue weighted by molar-refractivity contribution is -0.385. The molecule has 0 aliphatic carbocycles. The lowest BCUT2D eigenvalue weighted by Gasteiger charge is -2.07. The van der Waals surface area contributed by atoms with Gasteiger partial charge < -0.3 is 10.1 Å². The molecule has 1 rings (SSSR count). The van der Waals surface area contributed by atoms with E-state index in [0.717, 1.165) is 31.7 Å². The number of unbranched alkanes of at least 4 members (excludes halogenated alkanes) is 1. The lowest BCUT2D eigenvalue weighted by atomic mass is 10.2. The highest BCUT2D eigenvalue weighted by atomic mass is 16.6. The van der Waals surface area contributed by atoms with E-state index in [0.29, 0.717) is 5.56 Å². The fourth-order valence-electron chi connectivity index (χ4n) is 1.57. The summed E-state index contributed by atoms with van der Waals surface area (Å²) in [5, 5.41) is 13.9. The molecule has 94 valence electrons. The van der Waals surface area contributed by atoms with Crippen molar-refractivity contribution in [3.63, 3.8) is 0 Å². The van der Waals surface area contributed by atoms with Crippen LogP contribution in [0.1, 0.15) is 18.4 Å². The van der Waals surface area contributed by atoms with Crippen molar-refractivity contribution < 1.29 is 9.66 Å². The number of rotatable bonds is 7. The number of hydrogen-bond donors (Lipinski definition) is 1. The van der Waals surface area contributed by atoms with E-state index in [1.54, 1.807) is 26.2 Å². The summed E-state index contributed by atoms with van der Waals surface area (Å²) >= 11 is 0. The Bertz CT molecular complexity index is 380. The summed E-state index contributed by atoms with van der Waals surface area (Å²) in [6.45, 7) is 3.36. The van der Waals surface area contributed by atoms with Gasteiger partial charge >= 0.3 is 0 Å². The quantitative estimate of drug-likeness (QED) is 0.450. The van der Waals surface area contributed by atoms with E-state index in [9.17, 15) is 10.1 Å². The number of aryl methyl sites for hydroxylation is 1. The SMILES string of the molecule is COCCCCNc1ccc([N+](=O)[O-])c(C)c1. The highest BCUT2D eigenvalue weighted by molar-refractivity contribution is 5.53. The van der Waals surface area contributed by atoms with Crippen LogP contribution in [0.25, 0.3) is 0 Å². The van der Waals surface area contributed by atoms with Gasteiger partial charge in [-0.15, -0.1) is 0 Å². The van der Waals surface area contributed by atoms with Crippen molar-refractivity contribution in [2.45, 2.75) is 19.8 Å². The molecule has 0 spiro atoms. The van der Waals surface area contributed by atoms with Crippen LogP contribution in [-0.2, 0) is 4.74 Å². The van der Waals surface area contributed by atoms with E-state index in [1.165, 1.54) is 6.07 Å². The Morgan fingerprint density at radius 2 is 2.18 bits per heavy atom. The minimum absolute atomic E-state index is 0.162. The van der Waals surface area contributed by atoms with Gasteiger partial charge in [-0.05, 0) is 31.9 Å². The average Bonchev–Trinajstić information content (AvgIpc) is 2.28. The van der Waals surface area contributed by atoms with E-state index in [2.05, 4.69) is 5.32 Å². The highest BCUT2D eigenvalue weighted by Gasteiger charge is 2.09. The van der Waals surface area contributed by atoms with Gasteiger partial charge in [0.2, 0.25) is 0 Å². The van der Waals surface area contributed by atoms with Crippen molar-refractivity contribution in [3.05, 3.63) is 33.9 Å². The predicted molar refractivity (Wildman–Crippen MR) is 67.4 cm³/mol. The van der Waals surface area contributed by atoms with Crippen LogP contribution in [0.2, 0.25) is 0 Å². The third-order valence-electron chi connectivity index (χ3n) is 2.50. The van der Waals surface area contributed by atoms with Gasteiger partial charge in [0.25, 0.3) is 5.69 Å². The number of ether oxygens (including phenoxy) is 1. The summed E-state index contributed by atoms with van der Waals surface area (Å²) in [6.07, 6.45) is 2.03. The topological polar surface area (TPSA) is 64.4 Å². The first-order valence-electron chi connectivity index (χ1n) is 5.63. The zero-order valence-corrected chi connectivity index (χ0v) is 10.2. The van der Waals surface area contributed by atoms with Crippen molar-refractivity contribution >= 4 is 11.4 Å². The van der Waals surface area contributed by atoms with Gasteiger partial charge in [-0.3, -0.25) is 10.1 Å². The third kappa shape index (κ3) is 4.40. The molecule has 0 amide bonds. The minimum Gasteiger partial charge on any atom is -0.385 e. The molecule has 0 bridgehead atoms. The second kappa shape index (κ2) is 6.85. The van der Waals surface area contributed by atoms with Crippen LogP contribution in [0.4, 0.5) is 11.4 Å². The molecule has 5 nitrogen and oxygen atoms in total. The molecule has 1 N–H and O–H groups in total. The van der Waals surface area contributed by atoms with Crippen molar-refractivity contribution in [1.29, 1.82) is 0 Å². The Hall–Kier alpha value is -1.62. The zero-order valence-electron chi connectivity index (χ0n) is 10.2. The molecule has 0 saturated carbocycles. The maximum absolute atomic E-state index is 10.6. The van der Waals surface area contributed by atoms with Crippen LogP contribution in [0.15, 0.2) is 18.2 Å². The van der Waals surface area contributed by atoms with Crippen LogP contribution in [0.5, 0.6) is 0 Å². The van der Waals surface area contributed by atoms with Gasteiger partial charge in [-0.2, -0.15) is 0 Å². The fraction of sp³-hybridized carbons (Fsp3) is 0.500. The Balaban J connectivity index is 2.45. The van der Waals surface area contributed by atoms with Crippen molar-refractivity contribution in [1.82, 2.24) is 0 Å². The molecule has 0 heterocycles. The van der Waals surface area contributed by atoms with Gasteiger partial charge in [-0.25, -0.2) is 0 Å². The Morgan fingerprint density at radius 3 is 2.76 bits per heavy atom. The first-order chi connectivity index (χ1) is 8.15. The van der Waals surface area contributed by atoms with E-state index < -0.39 is 0 Å². The number of nitrogens with one attached hydrogen (secondary N) is 1. The maximum Gasteiger partial charge on any atom is 0.272 e. The molecule has 0 aliphatic heterocycles. The molecular formula is C12H18N2O3. The second-order valence-electron chi connectivity index (χ2n) is 3.89. The second-order valence-corrected chi connectivity index (χ2v) is 3.89. The number of hydrogen-bond acceptors (Lipinski definition) is 4. The summed E-state index contributed by atoms with van der Waals surface area (Å²) in [5.74, 6) is 0. The number of benzene rings is 1. The summed E-state index contributed by atoms with van der Waals surface area (Å²) < 4.78 is 4.95. The smallest absolute Gasteiger partial charge is 0.272 e. The monoisotopic (exact) mass is 238 g/mol. The van der Waals surface area contributed by atoms with Gasteiger partial charge in [0, 0.05) is 37.6 Å². The molecule has 1 aromatic rings. The molecule has 5 heteroatoms. The van der Waals surface area contributed by atoms with Crippen LogP contribution in [0, 0.1) is 17.0 Å². The number of nitro groups is 1. The Morgan fingerprint density at radius 1 is 1.41 bits per heavy atom. The number of nitrogens with zero attached hydrogens (tertiary/aromatic N) is 1. The fourth-order valence-corrected chi connectivity index (χ4v) is 1.57. The lowest BCUT2D eigenvalue weighted by Crippen LogP contribution is -2.03. The minimum atomic E-state index is -0.363. The van der Waals surface area contributed by atoms with Crippen molar-refractivity contribution in [2.75, 3.05) is 25.6 Å². The Kier molecular flexibility index (Phi) is 5.42. The Labute approximate surface area is 101 Å². The summed E-state index contributed by atoms with van der Waals surface area (Å²) in [6, 6.07) is 5.07. The molecular weight excluding hydrogens is 220 g/mol. The number of methoxy groups -OCH3 is 1. The number of nitro benzene ring substituents is 1. The average molecular weight is 238 g/mol. The molecule has 0 saturated heterocycles. The van der Waals surface area contributed by atoms with E-state index in [4.69, 9.17) is 4.74 Å². The molecule has 0 unspecified atom stereocenters. The van der Waals surface area contributed by atoms with E-state index >= 15 is 0 Å². The maximum atomic E-state index is 10.6. The van der Waals surface area contributed by atoms with Gasteiger partial charge in [-0.1, -0.05) is 0 Å². The first kappa shape index (κ1) is 13.4. The largest absolute Gasteiger partial charge is 0.385 e. The zero-order chi connectivity index (χ0) is 12.7. The van der Waals surface area contributed by atoms with Gasteiger partial charge in [0.05, 0.1) is 4.92 Å². The molecule has 0 aromatic heterocycles. The summed E-state index contributed by atoms with van der Waals surface area (Å²) in [4.78, 5) is 10.3. The first-order valence-corrected chi connectivity index (χ1v) is 5.63. The van der Waals surface area contributed by atoms with E-state index in [-0.39, 0.29) is 10.6 Å². The predicted octanol–water partition coefficient (Wildman–Crippen LogP) is 2.74. The molecule has 0 radical (unpaired) electrons. The molecule has 0 aliphatic rings. The van der Waals surface area contributed by atoms with Crippen molar-refractivity contribution in [2.24, 2.45) is 0 Å². The molecule has 0 fully saturated rings. The van der Waals surface area contributed by atoms with Crippen LogP contribution < -0.4 is 5.32 Å². The molecule has 0 atom stereocenters. The number of anilines is 1. The van der Waals surface area contributed by atoms with Crippen LogP contribution in [-0.4, -0.2) is 25.2 Å². The van der Waals surface area contributed by atoms with Crippen molar-refractivity contribution in [3.8, 4) is 0 Å². The summed E-state index contributed by atoms with van der Waals surface area (Å²) in [7, 11) is 1.69. The third-order valence-corrected chi connectivity index (χ3v) is 2.50. The summed E-state index contributed by atoms with van der Waals surface area (Å²) in [5.41, 5.74) is 1.76.